The van der Waals surface area contributed by atoms with Gasteiger partial charge in [-0.15, -0.1) is 0 Å². The van der Waals surface area contributed by atoms with Crippen LogP contribution in [-0.4, -0.2) is 29.2 Å². The molecule has 7 heteroatoms. The van der Waals surface area contributed by atoms with Crippen molar-refractivity contribution >= 4 is 11.9 Å². The number of carbonyl (C=O) groups excluding carboxylic acids is 1. The Morgan fingerprint density at radius 2 is 1.62 bits per heavy atom. The predicted molar refractivity (Wildman–Crippen MR) is 110 cm³/mol. The summed E-state index contributed by atoms with van der Waals surface area (Å²) in [6.45, 7) is 1.85. The number of aromatic nitrogens is 2. The molecule has 2 aromatic carbocycles. The number of anilines is 1. The van der Waals surface area contributed by atoms with Gasteiger partial charge in [0.05, 0.1) is 19.8 Å². The molecular formula is C22H23N3O4. The lowest BCUT2D eigenvalue weighted by Crippen LogP contribution is -2.28. The maximum absolute atomic E-state index is 12.8. The first-order valence-electron chi connectivity index (χ1n) is 9.25. The lowest BCUT2D eigenvalue weighted by atomic mass is 9.99. The number of rotatable bonds is 7. The number of nitrogens with zero attached hydrogens (tertiary/aromatic N) is 2. The van der Waals surface area contributed by atoms with Crippen molar-refractivity contribution in [2.75, 3.05) is 19.0 Å². The molecular weight excluding hydrogens is 370 g/mol. The molecule has 0 bridgehead atoms. The third kappa shape index (κ3) is 4.29. The second kappa shape index (κ2) is 9.05. The summed E-state index contributed by atoms with van der Waals surface area (Å²) in [6.07, 6.45) is 0. The van der Waals surface area contributed by atoms with E-state index in [1.165, 1.54) is 11.7 Å². The van der Waals surface area contributed by atoms with Crippen LogP contribution >= 0.6 is 0 Å². The van der Waals surface area contributed by atoms with Crippen LogP contribution < -0.4 is 15.6 Å². The largest absolute Gasteiger partial charge is 0.489 e. The number of hydrogen-bond acceptors (Lipinski definition) is 6. The summed E-state index contributed by atoms with van der Waals surface area (Å²) in [5.41, 5.74) is 1.34. The van der Waals surface area contributed by atoms with Gasteiger partial charge in [-0.3, -0.25) is 9.36 Å². The molecule has 0 aliphatic carbocycles. The molecule has 0 aliphatic rings. The Balaban J connectivity index is 2.11. The summed E-state index contributed by atoms with van der Waals surface area (Å²) in [4.78, 5) is 29.4. The van der Waals surface area contributed by atoms with Gasteiger partial charge in [-0.05, 0) is 18.1 Å². The fourth-order valence-electron chi connectivity index (χ4n) is 3.01. The zero-order valence-electron chi connectivity index (χ0n) is 16.6. The topological polar surface area (TPSA) is 82.5 Å². The van der Waals surface area contributed by atoms with E-state index in [1.807, 2.05) is 60.7 Å². The van der Waals surface area contributed by atoms with E-state index in [0.29, 0.717) is 0 Å². The Labute approximate surface area is 168 Å². The standard InChI is InChI=1S/C22H23N3O4/c1-4-29-21(27)18-19(28-3)20(26)25(2)22(24-18)23-17(15-11-7-5-8-12-15)16-13-9-6-10-14-16/h5-14,17H,4H2,1-3H3,(H,23,24). The summed E-state index contributed by atoms with van der Waals surface area (Å²) in [7, 11) is 2.90. The van der Waals surface area contributed by atoms with E-state index in [2.05, 4.69) is 10.3 Å². The number of carbonyl (C=O) groups is 1. The maximum Gasteiger partial charge on any atom is 0.361 e. The van der Waals surface area contributed by atoms with Gasteiger partial charge in [-0.2, -0.15) is 0 Å². The molecule has 1 N–H and O–H groups in total. The number of hydrogen-bond donors (Lipinski definition) is 1. The number of benzene rings is 2. The van der Waals surface area contributed by atoms with E-state index in [4.69, 9.17) is 9.47 Å². The van der Waals surface area contributed by atoms with Crippen molar-refractivity contribution in [1.29, 1.82) is 0 Å². The van der Waals surface area contributed by atoms with Crippen LogP contribution in [0.15, 0.2) is 65.5 Å². The number of methoxy groups -OCH3 is 1. The first kappa shape index (κ1) is 20.1. The van der Waals surface area contributed by atoms with Crippen LogP contribution in [-0.2, 0) is 11.8 Å². The van der Waals surface area contributed by atoms with E-state index in [1.54, 1.807) is 14.0 Å². The molecule has 3 aromatic rings. The Bertz CT molecular complexity index is 994. The van der Waals surface area contributed by atoms with Crippen molar-refractivity contribution in [3.05, 3.63) is 87.8 Å². The highest BCUT2D eigenvalue weighted by Crippen LogP contribution is 2.26. The van der Waals surface area contributed by atoms with Crippen LogP contribution in [0.4, 0.5) is 5.95 Å². The smallest absolute Gasteiger partial charge is 0.361 e. The molecule has 0 amide bonds. The molecule has 0 radical (unpaired) electrons. The van der Waals surface area contributed by atoms with Gasteiger partial charge in [0.2, 0.25) is 11.7 Å². The van der Waals surface area contributed by atoms with Gasteiger partial charge in [-0.1, -0.05) is 60.7 Å². The van der Waals surface area contributed by atoms with E-state index in [0.717, 1.165) is 11.1 Å². The summed E-state index contributed by atoms with van der Waals surface area (Å²) in [6, 6.07) is 19.3. The predicted octanol–water partition coefficient (Wildman–Crippen LogP) is 3.17. The summed E-state index contributed by atoms with van der Waals surface area (Å²) >= 11 is 0. The minimum Gasteiger partial charge on any atom is -0.489 e. The van der Waals surface area contributed by atoms with E-state index in [9.17, 15) is 9.59 Å². The van der Waals surface area contributed by atoms with Crippen LogP contribution in [0.5, 0.6) is 5.75 Å². The van der Waals surface area contributed by atoms with Crippen molar-refractivity contribution in [3.63, 3.8) is 0 Å². The molecule has 0 saturated heterocycles. The molecule has 150 valence electrons. The third-order valence-corrected chi connectivity index (χ3v) is 4.46. The highest BCUT2D eigenvalue weighted by Gasteiger charge is 2.24. The number of ether oxygens (including phenoxy) is 2. The highest BCUT2D eigenvalue weighted by molar-refractivity contribution is 5.90. The summed E-state index contributed by atoms with van der Waals surface area (Å²) in [5.74, 6) is -0.620. The average molecular weight is 393 g/mol. The van der Waals surface area contributed by atoms with Crippen LogP contribution in [0.1, 0.15) is 34.6 Å². The Morgan fingerprint density at radius 3 is 2.10 bits per heavy atom. The quantitative estimate of drug-likeness (QED) is 0.621. The maximum atomic E-state index is 12.8. The van der Waals surface area contributed by atoms with Gasteiger partial charge in [0, 0.05) is 7.05 Å². The van der Waals surface area contributed by atoms with Crippen molar-refractivity contribution in [2.45, 2.75) is 13.0 Å². The monoisotopic (exact) mass is 393 g/mol. The first-order valence-corrected chi connectivity index (χ1v) is 9.25. The lowest BCUT2D eigenvalue weighted by molar-refractivity contribution is 0.0514. The van der Waals surface area contributed by atoms with Crippen LogP contribution in [0.3, 0.4) is 0 Å². The Hall–Kier alpha value is -3.61. The van der Waals surface area contributed by atoms with E-state index >= 15 is 0 Å². The fourth-order valence-corrected chi connectivity index (χ4v) is 3.01. The van der Waals surface area contributed by atoms with E-state index < -0.39 is 11.5 Å². The van der Waals surface area contributed by atoms with Crippen molar-refractivity contribution in [2.24, 2.45) is 7.05 Å². The summed E-state index contributed by atoms with van der Waals surface area (Å²) in [5, 5.41) is 3.30. The average Bonchev–Trinajstić information content (AvgIpc) is 2.76. The van der Waals surface area contributed by atoms with Gasteiger partial charge in [0.15, 0.2) is 5.69 Å². The molecule has 1 aromatic heterocycles. The molecule has 1 heterocycles. The second-order valence-corrected chi connectivity index (χ2v) is 6.30. The second-order valence-electron chi connectivity index (χ2n) is 6.30. The lowest BCUT2D eigenvalue weighted by Gasteiger charge is -2.22. The van der Waals surface area contributed by atoms with Gasteiger partial charge in [-0.25, -0.2) is 9.78 Å². The molecule has 0 atom stereocenters. The Morgan fingerprint density at radius 1 is 1.07 bits per heavy atom. The minimum absolute atomic E-state index is 0.146. The zero-order chi connectivity index (χ0) is 20.8. The van der Waals surface area contributed by atoms with Gasteiger partial charge < -0.3 is 14.8 Å². The van der Waals surface area contributed by atoms with Gasteiger partial charge in [0.1, 0.15) is 0 Å². The first-order chi connectivity index (χ1) is 14.1. The molecule has 0 spiro atoms. The fraction of sp³-hybridized carbons (Fsp3) is 0.227. The van der Waals surface area contributed by atoms with Crippen LogP contribution in [0.25, 0.3) is 0 Å². The molecule has 0 saturated carbocycles. The molecule has 0 fully saturated rings. The zero-order valence-corrected chi connectivity index (χ0v) is 16.6. The molecule has 0 unspecified atom stereocenters. The number of esters is 1. The molecule has 29 heavy (non-hydrogen) atoms. The van der Waals surface area contributed by atoms with Crippen molar-refractivity contribution in [1.82, 2.24) is 9.55 Å². The molecule has 7 nitrogen and oxygen atoms in total. The Kier molecular flexibility index (Phi) is 6.29. The van der Waals surface area contributed by atoms with Crippen LogP contribution in [0.2, 0.25) is 0 Å². The van der Waals surface area contributed by atoms with Gasteiger partial charge in [0.25, 0.3) is 5.56 Å². The number of nitrogens with one attached hydrogen (secondary N) is 1. The van der Waals surface area contributed by atoms with Crippen molar-refractivity contribution < 1.29 is 14.3 Å². The normalized spacial score (nSPS) is 10.6. The minimum atomic E-state index is -0.707. The molecule has 3 rings (SSSR count). The van der Waals surface area contributed by atoms with Crippen LogP contribution in [0, 0.1) is 0 Å². The molecule has 0 aliphatic heterocycles. The highest BCUT2D eigenvalue weighted by atomic mass is 16.5. The van der Waals surface area contributed by atoms with Crippen molar-refractivity contribution in [3.8, 4) is 5.75 Å². The summed E-state index contributed by atoms with van der Waals surface area (Å²) < 4.78 is 11.5. The van der Waals surface area contributed by atoms with Gasteiger partial charge >= 0.3 is 5.97 Å². The SMILES string of the molecule is CCOC(=O)c1nc(NC(c2ccccc2)c2ccccc2)n(C)c(=O)c1OC. The third-order valence-electron chi connectivity index (χ3n) is 4.46. The van der Waals surface area contributed by atoms with E-state index in [-0.39, 0.29) is 30.0 Å².